The van der Waals surface area contributed by atoms with Crippen LogP contribution in [0.2, 0.25) is 0 Å². The van der Waals surface area contributed by atoms with Gasteiger partial charge in [-0.3, -0.25) is 9.59 Å². The molecule has 0 aliphatic carbocycles. The molecular formula is C22H29N2O4+. The van der Waals surface area contributed by atoms with E-state index in [1.54, 1.807) is 31.4 Å². The molecule has 0 spiro atoms. The average molecular weight is 385 g/mol. The smallest absolute Gasteiger partial charge is 0.258 e. The molecule has 2 aromatic carbocycles. The summed E-state index contributed by atoms with van der Waals surface area (Å²) in [5.41, 5.74) is 1.69. The van der Waals surface area contributed by atoms with Crippen molar-refractivity contribution < 1.29 is 24.0 Å². The van der Waals surface area contributed by atoms with Crippen molar-refractivity contribution in [3.8, 4) is 11.5 Å². The van der Waals surface area contributed by atoms with Crippen molar-refractivity contribution >= 4 is 11.7 Å². The molecule has 0 unspecified atom stereocenters. The number of Topliss-reactive ketones (excluding diaryl/α,β-unsaturated/α-hetero) is 1. The van der Waals surface area contributed by atoms with Crippen molar-refractivity contribution in [3.05, 3.63) is 59.7 Å². The number of ketones is 1. The van der Waals surface area contributed by atoms with Crippen LogP contribution in [-0.2, 0) is 4.79 Å². The largest absolute Gasteiger partial charge is 0.496 e. The second-order valence-electron chi connectivity index (χ2n) is 6.77. The number of methoxy groups -OCH3 is 1. The van der Waals surface area contributed by atoms with E-state index in [1.165, 1.54) is 4.90 Å². The summed E-state index contributed by atoms with van der Waals surface area (Å²) in [5, 5.41) is 2.93. The lowest BCUT2D eigenvalue weighted by Gasteiger charge is -2.23. The maximum absolute atomic E-state index is 12.2. The maximum atomic E-state index is 12.2. The van der Waals surface area contributed by atoms with Gasteiger partial charge in [-0.1, -0.05) is 19.1 Å². The van der Waals surface area contributed by atoms with Crippen molar-refractivity contribution in [2.45, 2.75) is 19.4 Å². The van der Waals surface area contributed by atoms with Crippen molar-refractivity contribution in [3.63, 3.8) is 0 Å². The molecule has 2 aromatic rings. The molecule has 2 rings (SSSR count). The number of carbonyl (C=O) groups excluding carboxylic acids is 2. The molecule has 2 N–H and O–H groups in total. The average Bonchev–Trinajstić information content (AvgIpc) is 2.72. The van der Waals surface area contributed by atoms with E-state index < -0.39 is 0 Å². The van der Waals surface area contributed by atoms with Crippen LogP contribution >= 0.6 is 0 Å². The minimum absolute atomic E-state index is 0.0550. The Bertz CT molecular complexity index is 787. The fourth-order valence-electron chi connectivity index (χ4n) is 2.94. The molecule has 0 bridgehead atoms. The summed E-state index contributed by atoms with van der Waals surface area (Å²) in [6, 6.07) is 14.7. The van der Waals surface area contributed by atoms with Crippen molar-refractivity contribution in [2.75, 3.05) is 34.4 Å². The van der Waals surface area contributed by atoms with Crippen LogP contribution in [0.15, 0.2) is 48.5 Å². The van der Waals surface area contributed by atoms with Gasteiger partial charge in [-0.15, -0.1) is 0 Å². The lowest BCUT2D eigenvalue weighted by molar-refractivity contribution is -0.890. The highest BCUT2D eigenvalue weighted by atomic mass is 16.5. The molecule has 150 valence electrons. The number of para-hydroxylation sites is 1. The van der Waals surface area contributed by atoms with E-state index in [-0.39, 0.29) is 24.3 Å². The molecule has 0 aromatic heterocycles. The summed E-state index contributed by atoms with van der Waals surface area (Å²) in [5.74, 6) is 1.25. The lowest BCUT2D eigenvalue weighted by Crippen LogP contribution is -3.07. The number of amides is 1. The number of nitrogens with one attached hydrogen (secondary N) is 2. The summed E-state index contributed by atoms with van der Waals surface area (Å²) in [4.78, 5) is 25.0. The topological polar surface area (TPSA) is 69.1 Å². The van der Waals surface area contributed by atoms with E-state index in [0.29, 0.717) is 24.3 Å². The molecule has 0 heterocycles. The highest BCUT2D eigenvalue weighted by Crippen LogP contribution is 2.22. The minimum Gasteiger partial charge on any atom is -0.496 e. The van der Waals surface area contributed by atoms with Crippen LogP contribution in [0.3, 0.4) is 0 Å². The molecule has 1 amide bonds. The molecule has 0 fully saturated rings. The first-order chi connectivity index (χ1) is 13.5. The Morgan fingerprint density at radius 2 is 1.75 bits per heavy atom. The third-order valence-corrected chi connectivity index (χ3v) is 4.58. The number of ether oxygens (including phenoxy) is 2. The van der Waals surface area contributed by atoms with Gasteiger partial charge >= 0.3 is 0 Å². The summed E-state index contributed by atoms with van der Waals surface area (Å²) < 4.78 is 11.0. The van der Waals surface area contributed by atoms with Crippen LogP contribution < -0.4 is 19.7 Å². The SMILES string of the molecule is CCC(=O)c1ccc(OCC(=O)NC[C@H](c2ccccc2OC)[NH+](C)C)cc1. The first-order valence-electron chi connectivity index (χ1n) is 9.42. The van der Waals surface area contributed by atoms with Crippen LogP contribution in [-0.4, -0.2) is 46.0 Å². The van der Waals surface area contributed by atoms with Gasteiger partial charge in [0, 0.05) is 12.0 Å². The van der Waals surface area contributed by atoms with Gasteiger partial charge in [0.05, 0.1) is 33.3 Å². The monoisotopic (exact) mass is 385 g/mol. The highest BCUT2D eigenvalue weighted by molar-refractivity contribution is 5.95. The van der Waals surface area contributed by atoms with Crippen LogP contribution in [0, 0.1) is 0 Å². The molecule has 0 saturated heterocycles. The molecule has 6 heteroatoms. The Hall–Kier alpha value is -2.86. The first kappa shape index (κ1) is 21.4. The third kappa shape index (κ3) is 5.82. The van der Waals surface area contributed by atoms with E-state index >= 15 is 0 Å². The van der Waals surface area contributed by atoms with Gasteiger partial charge in [0.25, 0.3) is 5.91 Å². The van der Waals surface area contributed by atoms with Crippen LogP contribution in [0.5, 0.6) is 11.5 Å². The Kier molecular flexibility index (Phi) is 8.02. The summed E-state index contributed by atoms with van der Waals surface area (Å²) in [7, 11) is 5.73. The fraction of sp³-hybridized carbons (Fsp3) is 0.364. The number of hydrogen-bond acceptors (Lipinski definition) is 4. The van der Waals surface area contributed by atoms with Gasteiger partial charge in [-0.25, -0.2) is 0 Å². The van der Waals surface area contributed by atoms with Crippen LogP contribution in [0.25, 0.3) is 0 Å². The fourth-order valence-corrected chi connectivity index (χ4v) is 2.94. The first-order valence-corrected chi connectivity index (χ1v) is 9.42. The number of benzene rings is 2. The van der Waals surface area contributed by atoms with Gasteiger partial charge in [0.2, 0.25) is 0 Å². The number of rotatable bonds is 10. The minimum atomic E-state index is -0.199. The molecule has 1 atom stereocenters. The standard InChI is InChI=1S/C22H28N2O4/c1-5-20(25)16-10-12-17(13-11-16)28-15-22(26)23-14-19(24(2)3)18-8-6-7-9-21(18)27-4/h6-13,19H,5,14-15H2,1-4H3,(H,23,26)/p+1/t19-/m1/s1. The van der Waals surface area contributed by atoms with E-state index in [2.05, 4.69) is 5.32 Å². The van der Waals surface area contributed by atoms with Gasteiger partial charge in [-0.05, 0) is 36.4 Å². The van der Waals surface area contributed by atoms with Crippen LogP contribution in [0.4, 0.5) is 0 Å². The number of hydrogen-bond donors (Lipinski definition) is 2. The predicted octanol–water partition coefficient (Wildman–Crippen LogP) is 1.67. The molecule has 0 aliphatic rings. The van der Waals surface area contributed by atoms with Gasteiger partial charge in [-0.2, -0.15) is 0 Å². The Balaban J connectivity index is 1.90. The quantitative estimate of drug-likeness (QED) is 0.611. The Labute approximate surface area is 166 Å². The van der Waals surface area contributed by atoms with Gasteiger partial charge < -0.3 is 19.7 Å². The van der Waals surface area contributed by atoms with Crippen LogP contribution in [0.1, 0.15) is 35.3 Å². The van der Waals surface area contributed by atoms with E-state index in [9.17, 15) is 9.59 Å². The molecule has 6 nitrogen and oxygen atoms in total. The zero-order valence-corrected chi connectivity index (χ0v) is 17.0. The molecule has 0 saturated carbocycles. The second-order valence-corrected chi connectivity index (χ2v) is 6.77. The normalized spacial score (nSPS) is 11.8. The third-order valence-electron chi connectivity index (χ3n) is 4.58. The Morgan fingerprint density at radius 3 is 2.36 bits per heavy atom. The summed E-state index contributed by atoms with van der Waals surface area (Å²) >= 11 is 0. The lowest BCUT2D eigenvalue weighted by atomic mass is 10.0. The van der Waals surface area contributed by atoms with Crippen molar-refractivity contribution in [1.29, 1.82) is 0 Å². The molecule has 28 heavy (non-hydrogen) atoms. The van der Waals surface area contributed by atoms with E-state index in [4.69, 9.17) is 9.47 Å². The van der Waals surface area contributed by atoms with E-state index in [1.807, 2.05) is 45.3 Å². The summed E-state index contributed by atoms with van der Waals surface area (Å²) in [6.07, 6.45) is 0.462. The molecular weight excluding hydrogens is 356 g/mol. The van der Waals surface area contributed by atoms with Crippen molar-refractivity contribution in [1.82, 2.24) is 5.32 Å². The van der Waals surface area contributed by atoms with Gasteiger partial charge in [0.1, 0.15) is 17.5 Å². The molecule has 0 radical (unpaired) electrons. The van der Waals surface area contributed by atoms with E-state index in [0.717, 1.165) is 11.3 Å². The zero-order chi connectivity index (χ0) is 20.5. The zero-order valence-electron chi connectivity index (χ0n) is 17.0. The number of carbonyl (C=O) groups is 2. The number of likely N-dealkylation sites (N-methyl/N-ethyl adjacent to an activating group) is 1. The highest BCUT2D eigenvalue weighted by Gasteiger charge is 2.22. The van der Waals surface area contributed by atoms with Gasteiger partial charge in [0.15, 0.2) is 12.4 Å². The maximum Gasteiger partial charge on any atom is 0.258 e. The van der Waals surface area contributed by atoms with Crippen molar-refractivity contribution in [2.24, 2.45) is 0 Å². The number of quaternary nitrogens is 1. The molecule has 0 aliphatic heterocycles. The predicted molar refractivity (Wildman–Crippen MR) is 108 cm³/mol. The second kappa shape index (κ2) is 10.5. The Morgan fingerprint density at radius 1 is 1.07 bits per heavy atom. The summed E-state index contributed by atoms with van der Waals surface area (Å²) in [6.45, 7) is 2.21.